The molecule has 3 aromatic rings. The van der Waals surface area contributed by atoms with Crippen LogP contribution in [0.1, 0.15) is 49.1 Å². The second-order valence-corrected chi connectivity index (χ2v) is 6.59. The summed E-state index contributed by atoms with van der Waals surface area (Å²) >= 11 is 0. The molecule has 1 aromatic heterocycles. The number of benzene rings is 2. The average Bonchev–Trinajstić information content (AvgIpc) is 2.69. The van der Waals surface area contributed by atoms with Crippen LogP contribution in [0.3, 0.4) is 0 Å². The molecule has 0 unspecified atom stereocenters. The molecule has 1 heterocycles. The number of pyridine rings is 1. The maximum atomic E-state index is 13.4. The summed E-state index contributed by atoms with van der Waals surface area (Å²) in [6.45, 7) is 0.640. The van der Waals surface area contributed by atoms with Crippen molar-refractivity contribution in [1.29, 1.82) is 0 Å². The number of nitrogens with zero attached hydrogens (tertiary/aromatic N) is 1. The molecule has 0 bridgehead atoms. The topological polar surface area (TPSA) is 38.9 Å². The molecule has 2 nitrogen and oxygen atoms in total. The first-order valence-corrected chi connectivity index (χ1v) is 9.06. The minimum atomic E-state index is -0.164. The second kappa shape index (κ2) is 8.72. The third-order valence-corrected chi connectivity index (χ3v) is 4.86. The van der Waals surface area contributed by atoms with Crippen molar-refractivity contribution < 1.29 is 4.39 Å². The quantitative estimate of drug-likeness (QED) is 0.665. The maximum Gasteiger partial charge on any atom is 0.123 e. The van der Waals surface area contributed by atoms with E-state index >= 15 is 0 Å². The fourth-order valence-corrected chi connectivity index (χ4v) is 3.52. The van der Waals surface area contributed by atoms with Crippen molar-refractivity contribution in [3.8, 4) is 0 Å². The van der Waals surface area contributed by atoms with E-state index in [1.165, 1.54) is 49.3 Å². The van der Waals surface area contributed by atoms with E-state index in [0.717, 1.165) is 10.9 Å². The number of fused-ring (bicyclic) bond motifs is 1. The second-order valence-electron chi connectivity index (χ2n) is 6.59. The first-order valence-electron chi connectivity index (χ1n) is 9.06. The van der Waals surface area contributed by atoms with E-state index in [1.807, 2.05) is 36.5 Å². The molecule has 0 amide bonds. The number of halogens is 1. The summed E-state index contributed by atoms with van der Waals surface area (Å²) in [5.74, 6) is 0.429. The summed E-state index contributed by atoms with van der Waals surface area (Å²) in [5.41, 5.74) is 8.74. The van der Waals surface area contributed by atoms with Gasteiger partial charge in [-0.25, -0.2) is 4.39 Å². The molecule has 1 aliphatic carbocycles. The molecule has 0 radical (unpaired) electrons. The Morgan fingerprint density at radius 1 is 0.960 bits per heavy atom. The highest BCUT2D eigenvalue weighted by Crippen LogP contribution is 2.35. The van der Waals surface area contributed by atoms with Crippen LogP contribution in [0.15, 0.2) is 60.8 Å². The summed E-state index contributed by atoms with van der Waals surface area (Å²) in [7, 11) is 0. The van der Waals surface area contributed by atoms with Gasteiger partial charge in [0.2, 0.25) is 0 Å². The van der Waals surface area contributed by atoms with Crippen molar-refractivity contribution in [3.63, 3.8) is 0 Å². The standard InChI is InChI=1S/C15H16FN.C7H9N/c16-12-6-7-15-14(10-12)13(8-9-17-15)11-4-2-1-3-5-11;8-6-7-4-2-1-3-5-7/h6-11H,1-5H2;1-5H,6,8H2. The van der Waals surface area contributed by atoms with Crippen LogP contribution >= 0.6 is 0 Å². The molecule has 0 saturated heterocycles. The van der Waals surface area contributed by atoms with Gasteiger partial charge in [0.05, 0.1) is 5.52 Å². The summed E-state index contributed by atoms with van der Waals surface area (Å²) in [6, 6.07) is 16.9. The Morgan fingerprint density at radius 2 is 1.72 bits per heavy atom. The molecule has 0 aliphatic heterocycles. The van der Waals surface area contributed by atoms with Gasteiger partial charge in [-0.2, -0.15) is 0 Å². The highest BCUT2D eigenvalue weighted by molar-refractivity contribution is 5.82. The molecule has 130 valence electrons. The fraction of sp³-hybridized carbons (Fsp3) is 0.318. The van der Waals surface area contributed by atoms with Gasteiger partial charge < -0.3 is 5.73 Å². The number of rotatable bonds is 2. The van der Waals surface area contributed by atoms with Crippen LogP contribution in [-0.2, 0) is 6.54 Å². The van der Waals surface area contributed by atoms with Crippen LogP contribution in [0.25, 0.3) is 10.9 Å². The lowest BCUT2D eigenvalue weighted by atomic mass is 9.83. The van der Waals surface area contributed by atoms with E-state index in [0.29, 0.717) is 12.5 Å². The number of hydrogen-bond acceptors (Lipinski definition) is 2. The van der Waals surface area contributed by atoms with Crippen LogP contribution < -0.4 is 5.73 Å². The molecule has 25 heavy (non-hydrogen) atoms. The molecule has 3 heteroatoms. The molecule has 0 atom stereocenters. The van der Waals surface area contributed by atoms with Gasteiger partial charge in [0.1, 0.15) is 5.82 Å². The minimum absolute atomic E-state index is 0.164. The highest BCUT2D eigenvalue weighted by Gasteiger charge is 2.17. The number of aromatic nitrogens is 1. The van der Waals surface area contributed by atoms with Crippen molar-refractivity contribution in [1.82, 2.24) is 4.98 Å². The average molecular weight is 336 g/mol. The molecule has 1 fully saturated rings. The zero-order chi connectivity index (χ0) is 17.5. The van der Waals surface area contributed by atoms with E-state index in [1.54, 1.807) is 12.1 Å². The lowest BCUT2D eigenvalue weighted by molar-refractivity contribution is 0.445. The number of nitrogens with two attached hydrogens (primary N) is 1. The van der Waals surface area contributed by atoms with E-state index in [9.17, 15) is 4.39 Å². The van der Waals surface area contributed by atoms with Gasteiger partial charge in [-0.05, 0) is 54.2 Å². The first-order chi connectivity index (χ1) is 12.3. The van der Waals surface area contributed by atoms with Crippen LogP contribution in [0.2, 0.25) is 0 Å². The molecule has 2 N–H and O–H groups in total. The van der Waals surface area contributed by atoms with Crippen molar-refractivity contribution >= 4 is 10.9 Å². The third kappa shape index (κ3) is 4.64. The van der Waals surface area contributed by atoms with Gasteiger partial charge >= 0.3 is 0 Å². The van der Waals surface area contributed by atoms with Crippen LogP contribution in [0.4, 0.5) is 4.39 Å². The molecular formula is C22H25FN2. The monoisotopic (exact) mass is 336 g/mol. The first kappa shape index (κ1) is 17.6. The minimum Gasteiger partial charge on any atom is -0.326 e. The fourth-order valence-electron chi connectivity index (χ4n) is 3.52. The highest BCUT2D eigenvalue weighted by atomic mass is 19.1. The Labute approximate surface area is 148 Å². The van der Waals surface area contributed by atoms with Gasteiger partial charge in [0, 0.05) is 18.1 Å². The summed E-state index contributed by atoms with van der Waals surface area (Å²) in [4.78, 5) is 4.31. The van der Waals surface area contributed by atoms with E-state index in [4.69, 9.17) is 5.73 Å². The number of hydrogen-bond donors (Lipinski definition) is 1. The van der Waals surface area contributed by atoms with E-state index < -0.39 is 0 Å². The van der Waals surface area contributed by atoms with E-state index in [-0.39, 0.29) is 5.82 Å². The van der Waals surface area contributed by atoms with Gasteiger partial charge in [-0.3, -0.25) is 4.98 Å². The molecule has 4 rings (SSSR count). The Morgan fingerprint density at radius 3 is 2.40 bits per heavy atom. The Hall–Kier alpha value is -2.26. The SMILES string of the molecule is Fc1ccc2nccc(C3CCCCC3)c2c1.NCc1ccccc1. The largest absolute Gasteiger partial charge is 0.326 e. The lowest BCUT2D eigenvalue weighted by Gasteiger charge is -2.23. The van der Waals surface area contributed by atoms with Crippen LogP contribution in [0, 0.1) is 5.82 Å². The van der Waals surface area contributed by atoms with Gasteiger partial charge in [-0.15, -0.1) is 0 Å². The Bertz CT molecular complexity index is 795. The smallest absolute Gasteiger partial charge is 0.123 e. The summed E-state index contributed by atoms with van der Waals surface area (Å²) in [5, 5.41) is 0.999. The van der Waals surface area contributed by atoms with Crippen LogP contribution in [0.5, 0.6) is 0 Å². The Balaban J connectivity index is 0.000000192. The van der Waals surface area contributed by atoms with Crippen molar-refractivity contribution in [2.24, 2.45) is 5.73 Å². The van der Waals surface area contributed by atoms with Gasteiger partial charge in [0.25, 0.3) is 0 Å². The van der Waals surface area contributed by atoms with E-state index in [2.05, 4.69) is 11.1 Å². The summed E-state index contributed by atoms with van der Waals surface area (Å²) in [6.07, 6.45) is 8.25. The lowest BCUT2D eigenvalue weighted by Crippen LogP contribution is -2.05. The third-order valence-electron chi connectivity index (χ3n) is 4.86. The molecule has 0 spiro atoms. The van der Waals surface area contributed by atoms with Crippen molar-refractivity contribution in [2.75, 3.05) is 0 Å². The molecular weight excluding hydrogens is 311 g/mol. The summed E-state index contributed by atoms with van der Waals surface area (Å²) < 4.78 is 13.4. The van der Waals surface area contributed by atoms with Crippen molar-refractivity contribution in [2.45, 2.75) is 44.6 Å². The Kier molecular flexibility index (Phi) is 6.13. The maximum absolute atomic E-state index is 13.4. The van der Waals surface area contributed by atoms with Gasteiger partial charge in [0.15, 0.2) is 0 Å². The molecule has 1 aliphatic rings. The predicted octanol–water partition coefficient (Wildman–Crippen LogP) is 5.57. The zero-order valence-electron chi connectivity index (χ0n) is 14.5. The van der Waals surface area contributed by atoms with Crippen LogP contribution in [-0.4, -0.2) is 4.98 Å². The zero-order valence-corrected chi connectivity index (χ0v) is 14.5. The normalized spacial score (nSPS) is 14.8. The van der Waals surface area contributed by atoms with Gasteiger partial charge in [-0.1, -0.05) is 49.6 Å². The molecule has 1 saturated carbocycles. The predicted molar refractivity (Wildman–Crippen MR) is 102 cm³/mol. The molecule has 2 aromatic carbocycles. The van der Waals surface area contributed by atoms with Crippen molar-refractivity contribution in [3.05, 3.63) is 77.7 Å².